The number of carbonyl (C=O) groups is 1. The van der Waals surface area contributed by atoms with Crippen LogP contribution in [0.5, 0.6) is 0 Å². The van der Waals surface area contributed by atoms with E-state index in [0.29, 0.717) is 23.9 Å². The zero-order valence-corrected chi connectivity index (χ0v) is 12.2. The molecule has 0 heterocycles. The number of hydrogen-bond donors (Lipinski definition) is 0. The molecule has 110 valence electrons. The van der Waals surface area contributed by atoms with Crippen molar-refractivity contribution >= 4 is 16.9 Å². The lowest BCUT2D eigenvalue weighted by Crippen LogP contribution is -2.08. The molecule has 0 amide bonds. The maximum Gasteiger partial charge on any atom is 0.306 e. The molecule has 0 atom stereocenters. The maximum absolute atomic E-state index is 12.2. The van der Waals surface area contributed by atoms with E-state index in [1.165, 1.54) is 0 Å². The van der Waals surface area contributed by atoms with Gasteiger partial charge in [0.25, 0.3) is 5.12 Å². The number of rotatable bonds is 6. The Bertz CT molecular complexity index is 518. The van der Waals surface area contributed by atoms with Crippen molar-refractivity contribution in [2.45, 2.75) is 18.8 Å². The number of thioether (sulfide) groups is 1. The van der Waals surface area contributed by atoms with Crippen LogP contribution < -0.4 is 0 Å². The summed E-state index contributed by atoms with van der Waals surface area (Å²) in [6.07, 6.45) is -2.24. The molecule has 0 aromatic heterocycles. The van der Waals surface area contributed by atoms with E-state index in [1.807, 2.05) is 60.7 Å². The first-order chi connectivity index (χ1) is 10.2. The molecule has 0 aliphatic carbocycles. The van der Waals surface area contributed by atoms with Gasteiger partial charge in [-0.05, 0) is 17.5 Å². The van der Waals surface area contributed by atoms with Crippen LogP contribution in [0.1, 0.15) is 23.5 Å². The molecule has 1 nitrogen and oxygen atoms in total. The van der Waals surface area contributed by atoms with Gasteiger partial charge in [0.15, 0.2) is 0 Å². The molecule has 0 bridgehead atoms. The summed E-state index contributed by atoms with van der Waals surface area (Å²) in [5.41, 5.74) is 2.27. The van der Waals surface area contributed by atoms with Crippen molar-refractivity contribution in [2.24, 2.45) is 0 Å². The van der Waals surface area contributed by atoms with E-state index in [4.69, 9.17) is 0 Å². The van der Waals surface area contributed by atoms with E-state index in [1.54, 1.807) is 0 Å². The molecule has 0 unspecified atom stereocenters. The van der Waals surface area contributed by atoms with E-state index in [2.05, 4.69) is 0 Å². The molecule has 4 heteroatoms. The maximum atomic E-state index is 12.2. The van der Waals surface area contributed by atoms with Crippen molar-refractivity contribution < 1.29 is 13.6 Å². The third kappa shape index (κ3) is 4.67. The highest BCUT2D eigenvalue weighted by atomic mass is 32.2. The zero-order valence-electron chi connectivity index (χ0n) is 11.4. The first kappa shape index (κ1) is 15.7. The highest BCUT2D eigenvalue weighted by Gasteiger charge is 2.18. The molecule has 0 saturated carbocycles. The summed E-state index contributed by atoms with van der Waals surface area (Å²) in [5.74, 6) is 0.503. The monoisotopic (exact) mass is 306 g/mol. The molecular weight excluding hydrogens is 290 g/mol. The van der Waals surface area contributed by atoms with Crippen molar-refractivity contribution in [3.8, 4) is 0 Å². The van der Waals surface area contributed by atoms with E-state index in [9.17, 15) is 13.6 Å². The van der Waals surface area contributed by atoms with Crippen LogP contribution in [0.3, 0.4) is 0 Å². The quantitative estimate of drug-likeness (QED) is 0.767. The van der Waals surface area contributed by atoms with Gasteiger partial charge in [-0.1, -0.05) is 72.4 Å². The molecule has 2 rings (SSSR count). The summed E-state index contributed by atoms with van der Waals surface area (Å²) >= 11 is 0.713. The second kappa shape index (κ2) is 7.93. The fourth-order valence-corrected chi connectivity index (χ4v) is 2.92. The molecule has 2 aromatic rings. The summed E-state index contributed by atoms with van der Waals surface area (Å²) in [5, 5.41) is -1.05. The van der Waals surface area contributed by atoms with Crippen LogP contribution in [0.2, 0.25) is 0 Å². The summed E-state index contributed by atoms with van der Waals surface area (Å²) in [7, 11) is 0. The Morgan fingerprint density at radius 1 is 0.905 bits per heavy atom. The second-order valence-electron chi connectivity index (χ2n) is 4.63. The summed E-state index contributed by atoms with van der Waals surface area (Å²) in [6, 6.07) is 19.8. The molecule has 0 spiro atoms. The van der Waals surface area contributed by atoms with Gasteiger partial charge in [-0.3, -0.25) is 4.79 Å². The number of alkyl halides is 2. The topological polar surface area (TPSA) is 17.1 Å². The van der Waals surface area contributed by atoms with Crippen molar-refractivity contribution in [3.63, 3.8) is 0 Å². The Morgan fingerprint density at radius 3 is 1.81 bits per heavy atom. The van der Waals surface area contributed by atoms with Crippen molar-refractivity contribution in [1.29, 1.82) is 0 Å². The first-order valence-electron chi connectivity index (χ1n) is 6.73. The van der Waals surface area contributed by atoms with Crippen LogP contribution in [0.15, 0.2) is 60.7 Å². The Labute approximate surface area is 127 Å². The molecule has 0 radical (unpaired) electrons. The van der Waals surface area contributed by atoms with Gasteiger partial charge in [0.1, 0.15) is 0 Å². The fourth-order valence-electron chi connectivity index (χ4n) is 2.24. The van der Waals surface area contributed by atoms with Gasteiger partial charge in [-0.25, -0.2) is 8.78 Å². The Balaban J connectivity index is 2.09. The van der Waals surface area contributed by atoms with Gasteiger partial charge < -0.3 is 0 Å². The average Bonchev–Trinajstić information content (AvgIpc) is 2.53. The lowest BCUT2D eigenvalue weighted by atomic mass is 9.89. The predicted octanol–water partition coefficient (Wildman–Crippen LogP) is 4.73. The molecule has 0 N–H and O–H groups in total. The summed E-state index contributed by atoms with van der Waals surface area (Å²) in [4.78, 5) is 11.0. The van der Waals surface area contributed by atoms with E-state index in [0.717, 1.165) is 11.1 Å². The lowest BCUT2D eigenvalue weighted by Gasteiger charge is -2.17. The Morgan fingerprint density at radius 2 is 1.38 bits per heavy atom. The SMILES string of the molecule is O=C(SCCC(c1ccccc1)c1ccccc1)C(F)F. The largest absolute Gasteiger partial charge is 0.306 e. The van der Waals surface area contributed by atoms with Crippen molar-refractivity contribution in [2.75, 3.05) is 5.75 Å². The summed E-state index contributed by atoms with van der Waals surface area (Å²) in [6.45, 7) is 0. The lowest BCUT2D eigenvalue weighted by molar-refractivity contribution is -0.120. The molecule has 0 aliphatic heterocycles. The van der Waals surface area contributed by atoms with Gasteiger partial charge in [0.2, 0.25) is 0 Å². The van der Waals surface area contributed by atoms with E-state index >= 15 is 0 Å². The average molecular weight is 306 g/mol. The highest BCUT2D eigenvalue weighted by Crippen LogP contribution is 2.29. The normalized spacial score (nSPS) is 11.0. The van der Waals surface area contributed by atoms with Gasteiger partial charge in [0, 0.05) is 11.7 Å². The molecule has 2 aromatic carbocycles. The van der Waals surface area contributed by atoms with E-state index in [-0.39, 0.29) is 5.92 Å². The standard InChI is InChI=1S/C17H16F2OS/c18-16(19)17(20)21-12-11-15(13-7-3-1-4-8-13)14-9-5-2-6-10-14/h1-10,15-16H,11-12H2. The van der Waals surface area contributed by atoms with Gasteiger partial charge in [-0.15, -0.1) is 0 Å². The number of carbonyl (C=O) groups excluding carboxylic acids is 1. The number of hydrogen-bond acceptors (Lipinski definition) is 2. The minimum Gasteiger partial charge on any atom is -0.281 e. The van der Waals surface area contributed by atoms with Crippen LogP contribution >= 0.6 is 11.8 Å². The van der Waals surface area contributed by atoms with Crippen LogP contribution in [-0.2, 0) is 4.79 Å². The Kier molecular flexibility index (Phi) is 5.93. The minimum absolute atomic E-state index is 0.116. The molecule has 0 aliphatic rings. The highest BCUT2D eigenvalue weighted by molar-refractivity contribution is 8.13. The van der Waals surface area contributed by atoms with Crippen LogP contribution in [0, 0.1) is 0 Å². The van der Waals surface area contributed by atoms with Crippen molar-refractivity contribution in [3.05, 3.63) is 71.8 Å². The van der Waals surface area contributed by atoms with Crippen LogP contribution in [0.4, 0.5) is 8.78 Å². The second-order valence-corrected chi connectivity index (χ2v) is 5.73. The fraction of sp³-hybridized carbons (Fsp3) is 0.235. The molecule has 21 heavy (non-hydrogen) atoms. The first-order valence-corrected chi connectivity index (χ1v) is 7.71. The molecule has 0 saturated heterocycles. The number of halogens is 2. The predicted molar refractivity (Wildman–Crippen MR) is 82.8 cm³/mol. The smallest absolute Gasteiger partial charge is 0.281 e. The third-order valence-electron chi connectivity index (χ3n) is 3.23. The van der Waals surface area contributed by atoms with Gasteiger partial charge in [-0.2, -0.15) is 0 Å². The third-order valence-corrected chi connectivity index (χ3v) is 4.14. The van der Waals surface area contributed by atoms with Crippen LogP contribution in [-0.4, -0.2) is 17.3 Å². The zero-order chi connectivity index (χ0) is 15.1. The Hall–Kier alpha value is -1.68. The van der Waals surface area contributed by atoms with E-state index < -0.39 is 11.5 Å². The van der Waals surface area contributed by atoms with Crippen LogP contribution in [0.25, 0.3) is 0 Å². The summed E-state index contributed by atoms with van der Waals surface area (Å²) < 4.78 is 24.5. The van der Waals surface area contributed by atoms with Gasteiger partial charge in [0.05, 0.1) is 0 Å². The van der Waals surface area contributed by atoms with Crippen molar-refractivity contribution in [1.82, 2.24) is 0 Å². The molecule has 0 fully saturated rings. The minimum atomic E-state index is -2.89. The van der Waals surface area contributed by atoms with Gasteiger partial charge >= 0.3 is 6.43 Å². The molecular formula is C17H16F2OS. The number of benzene rings is 2.